The normalized spacial score (nSPS) is 32.4. The van der Waals surface area contributed by atoms with Gasteiger partial charge in [-0.05, 0) is 0 Å². The van der Waals surface area contributed by atoms with E-state index in [9.17, 15) is 13.2 Å². The predicted octanol–water partition coefficient (Wildman–Crippen LogP) is -0.436. The van der Waals surface area contributed by atoms with Crippen molar-refractivity contribution < 1.29 is 31.6 Å². The number of esters is 1. The molecule has 0 aromatic carbocycles. The highest BCUT2D eigenvalue weighted by Crippen LogP contribution is 2.29. The van der Waals surface area contributed by atoms with Gasteiger partial charge in [-0.25, -0.2) is 0 Å². The van der Waals surface area contributed by atoms with Crippen LogP contribution in [0.3, 0.4) is 0 Å². The van der Waals surface area contributed by atoms with Crippen molar-refractivity contribution in [2.45, 2.75) is 31.5 Å². The zero-order valence-corrected chi connectivity index (χ0v) is 11.9. The van der Waals surface area contributed by atoms with Crippen molar-refractivity contribution in [3.63, 3.8) is 0 Å². The van der Waals surface area contributed by atoms with Gasteiger partial charge in [0, 0.05) is 19.8 Å². The lowest BCUT2D eigenvalue weighted by Gasteiger charge is -2.21. The van der Waals surface area contributed by atoms with Crippen LogP contribution in [0.25, 0.3) is 0 Å². The largest absolute Gasteiger partial charge is 0.457 e. The second-order valence-corrected chi connectivity index (χ2v) is 5.77. The number of rotatable bonds is 5. The van der Waals surface area contributed by atoms with Crippen LogP contribution >= 0.6 is 12.6 Å². The first kappa shape index (κ1) is 15.7. The molecule has 0 amide bonds. The average molecular weight is 300 g/mol. The van der Waals surface area contributed by atoms with Crippen molar-refractivity contribution in [2.24, 2.45) is 0 Å². The highest BCUT2D eigenvalue weighted by Gasteiger charge is 2.49. The summed E-state index contributed by atoms with van der Waals surface area (Å²) in [6.45, 7) is 1.22. The summed E-state index contributed by atoms with van der Waals surface area (Å²) in [6, 6.07) is 0. The molecule has 1 saturated heterocycles. The fourth-order valence-electron chi connectivity index (χ4n) is 1.67. The molecule has 1 rings (SSSR count). The van der Waals surface area contributed by atoms with Crippen LogP contribution in [0.15, 0.2) is 0 Å². The second kappa shape index (κ2) is 6.20. The maximum atomic E-state index is 11.2. The van der Waals surface area contributed by atoms with Crippen molar-refractivity contribution in [1.82, 2.24) is 0 Å². The standard InChI is InChI=1S/C9H16O7S2/c1-5(10)14-7-6(4-17)15-9(13-2)8(7)16-18(3,11)12/h6-9,17H,4H2,1-3H3/t6-,7+,8-,9+/m1/s1. The SMILES string of the molecule is CO[C@H]1O[C@H](CS)[C@H](OC(C)=O)[C@H]1OS(C)(=O)=O. The molecule has 4 atom stereocenters. The molecule has 1 heterocycles. The van der Waals surface area contributed by atoms with Gasteiger partial charge in [-0.15, -0.1) is 0 Å². The molecule has 18 heavy (non-hydrogen) atoms. The zero-order chi connectivity index (χ0) is 13.9. The minimum absolute atomic E-state index is 0.238. The molecule has 7 nitrogen and oxygen atoms in total. The van der Waals surface area contributed by atoms with Gasteiger partial charge >= 0.3 is 5.97 Å². The monoisotopic (exact) mass is 300 g/mol. The summed E-state index contributed by atoms with van der Waals surface area (Å²) in [5, 5.41) is 0. The lowest BCUT2D eigenvalue weighted by atomic mass is 10.1. The van der Waals surface area contributed by atoms with Crippen molar-refractivity contribution in [1.29, 1.82) is 0 Å². The lowest BCUT2D eigenvalue weighted by Crippen LogP contribution is -2.40. The van der Waals surface area contributed by atoms with E-state index < -0.39 is 40.7 Å². The molecule has 1 aliphatic heterocycles. The van der Waals surface area contributed by atoms with Crippen LogP contribution in [0.1, 0.15) is 6.92 Å². The molecule has 0 N–H and O–H groups in total. The summed E-state index contributed by atoms with van der Waals surface area (Å²) in [4.78, 5) is 11.0. The number of thiol groups is 1. The van der Waals surface area contributed by atoms with Gasteiger partial charge in [0.1, 0.15) is 6.10 Å². The predicted molar refractivity (Wildman–Crippen MR) is 64.8 cm³/mol. The molecule has 0 bridgehead atoms. The Kier molecular flexibility index (Phi) is 5.41. The first-order valence-corrected chi connectivity index (χ1v) is 7.58. The van der Waals surface area contributed by atoms with Crippen LogP contribution in [-0.2, 0) is 33.3 Å². The summed E-state index contributed by atoms with van der Waals surface area (Å²) in [5.74, 6) is -0.323. The van der Waals surface area contributed by atoms with E-state index in [1.807, 2.05) is 0 Å². The minimum atomic E-state index is -3.73. The fourth-order valence-corrected chi connectivity index (χ4v) is 2.56. The Morgan fingerprint density at radius 2 is 2.00 bits per heavy atom. The molecule has 0 aromatic heterocycles. The quantitative estimate of drug-likeness (QED) is 0.418. The highest BCUT2D eigenvalue weighted by molar-refractivity contribution is 7.86. The Bertz CT molecular complexity index is 394. The van der Waals surface area contributed by atoms with E-state index >= 15 is 0 Å². The molecule has 0 aliphatic carbocycles. The van der Waals surface area contributed by atoms with Gasteiger partial charge in [0.25, 0.3) is 10.1 Å². The Morgan fingerprint density at radius 1 is 1.39 bits per heavy atom. The van der Waals surface area contributed by atoms with Crippen LogP contribution in [0.5, 0.6) is 0 Å². The lowest BCUT2D eigenvalue weighted by molar-refractivity contribution is -0.152. The molecule has 0 spiro atoms. The van der Waals surface area contributed by atoms with E-state index in [0.29, 0.717) is 0 Å². The van der Waals surface area contributed by atoms with E-state index in [2.05, 4.69) is 12.6 Å². The van der Waals surface area contributed by atoms with Crippen molar-refractivity contribution in [2.75, 3.05) is 19.1 Å². The smallest absolute Gasteiger partial charge is 0.303 e. The van der Waals surface area contributed by atoms with Gasteiger partial charge in [-0.3, -0.25) is 8.98 Å². The molecule has 1 aliphatic rings. The van der Waals surface area contributed by atoms with Crippen LogP contribution in [0.2, 0.25) is 0 Å². The number of hydrogen-bond donors (Lipinski definition) is 1. The third-order valence-electron chi connectivity index (χ3n) is 2.27. The maximum Gasteiger partial charge on any atom is 0.303 e. The third kappa shape index (κ3) is 4.09. The zero-order valence-electron chi connectivity index (χ0n) is 10.2. The summed E-state index contributed by atoms with van der Waals surface area (Å²) in [5.41, 5.74) is 0. The molecule has 9 heteroatoms. The van der Waals surface area contributed by atoms with Crippen molar-refractivity contribution >= 4 is 28.7 Å². The van der Waals surface area contributed by atoms with Gasteiger partial charge in [-0.1, -0.05) is 0 Å². The Hall–Kier alpha value is -0.350. The Balaban J connectivity index is 2.93. The molecule has 0 saturated carbocycles. The van der Waals surface area contributed by atoms with Gasteiger partial charge < -0.3 is 14.2 Å². The van der Waals surface area contributed by atoms with Crippen LogP contribution < -0.4 is 0 Å². The number of carbonyl (C=O) groups is 1. The van der Waals surface area contributed by atoms with Crippen LogP contribution in [-0.4, -0.2) is 58.1 Å². The van der Waals surface area contributed by atoms with E-state index in [1.54, 1.807) is 0 Å². The molecular weight excluding hydrogens is 284 g/mol. The third-order valence-corrected chi connectivity index (χ3v) is 3.20. The Labute approximate surface area is 111 Å². The van der Waals surface area contributed by atoms with Gasteiger partial charge in [0.05, 0.1) is 6.26 Å². The number of carbonyl (C=O) groups excluding carboxylic acids is 1. The van der Waals surface area contributed by atoms with Crippen molar-refractivity contribution in [3.05, 3.63) is 0 Å². The van der Waals surface area contributed by atoms with E-state index in [1.165, 1.54) is 14.0 Å². The second-order valence-electron chi connectivity index (χ2n) is 3.80. The molecular formula is C9H16O7S2. The number of hydrogen-bond acceptors (Lipinski definition) is 8. The topological polar surface area (TPSA) is 88.1 Å². The molecule has 106 valence electrons. The van der Waals surface area contributed by atoms with Crippen molar-refractivity contribution in [3.8, 4) is 0 Å². The Morgan fingerprint density at radius 3 is 2.39 bits per heavy atom. The molecule has 0 radical (unpaired) electrons. The first-order chi connectivity index (χ1) is 8.28. The average Bonchev–Trinajstić information content (AvgIpc) is 2.54. The minimum Gasteiger partial charge on any atom is -0.457 e. The molecule has 0 unspecified atom stereocenters. The summed E-state index contributed by atoms with van der Waals surface area (Å²) in [6.07, 6.45) is -2.53. The van der Waals surface area contributed by atoms with Crippen LogP contribution in [0.4, 0.5) is 0 Å². The fraction of sp³-hybridized carbons (Fsp3) is 0.889. The molecule has 0 aromatic rings. The number of ether oxygens (including phenoxy) is 3. The number of methoxy groups -OCH3 is 1. The summed E-state index contributed by atoms with van der Waals surface area (Å²) in [7, 11) is -2.38. The van der Waals surface area contributed by atoms with Gasteiger partial charge in [0.2, 0.25) is 0 Å². The first-order valence-electron chi connectivity index (χ1n) is 5.13. The summed E-state index contributed by atoms with van der Waals surface area (Å²) < 4.78 is 42.6. The van der Waals surface area contributed by atoms with E-state index in [0.717, 1.165) is 6.26 Å². The van der Waals surface area contributed by atoms with E-state index in [-0.39, 0.29) is 5.75 Å². The van der Waals surface area contributed by atoms with E-state index in [4.69, 9.17) is 18.4 Å². The highest BCUT2D eigenvalue weighted by atomic mass is 32.2. The summed E-state index contributed by atoms with van der Waals surface area (Å²) >= 11 is 4.05. The molecule has 1 fully saturated rings. The van der Waals surface area contributed by atoms with Gasteiger partial charge in [0.15, 0.2) is 18.5 Å². The van der Waals surface area contributed by atoms with Crippen LogP contribution in [0, 0.1) is 0 Å². The maximum absolute atomic E-state index is 11.2. The van der Waals surface area contributed by atoms with Gasteiger partial charge in [-0.2, -0.15) is 21.0 Å².